The molecule has 11 aromatic rings. The number of aromatic nitrogens is 3. The van der Waals surface area contributed by atoms with Crippen LogP contribution in [-0.4, -0.2) is 14.1 Å². The molecule has 0 N–H and O–H groups in total. The van der Waals surface area contributed by atoms with Gasteiger partial charge < -0.3 is 18.0 Å². The summed E-state index contributed by atoms with van der Waals surface area (Å²) >= 11 is 0. The van der Waals surface area contributed by atoms with E-state index in [9.17, 15) is 0 Å². The second-order valence-electron chi connectivity index (χ2n) is 13.0. The smallest absolute Gasteiger partial charge is 0.181 e. The van der Waals surface area contributed by atoms with Gasteiger partial charge >= 0.3 is 0 Å². The summed E-state index contributed by atoms with van der Waals surface area (Å²) in [5.41, 5.74) is 13.8. The second kappa shape index (κ2) is 9.72. The van der Waals surface area contributed by atoms with Crippen LogP contribution in [0.3, 0.4) is 0 Å². The van der Waals surface area contributed by atoms with E-state index < -0.39 is 0 Å². The van der Waals surface area contributed by atoms with Crippen molar-refractivity contribution in [1.82, 2.24) is 14.1 Å². The third-order valence-electron chi connectivity index (χ3n) is 10.1. The first-order chi connectivity index (χ1) is 24.2. The molecule has 4 aromatic heterocycles. The van der Waals surface area contributed by atoms with Gasteiger partial charge in [0.1, 0.15) is 16.7 Å². The van der Waals surface area contributed by atoms with Crippen molar-refractivity contribution in [3.05, 3.63) is 151 Å². The van der Waals surface area contributed by atoms with Crippen LogP contribution in [0.4, 0.5) is 0 Å². The number of para-hydroxylation sites is 2. The summed E-state index contributed by atoms with van der Waals surface area (Å²) in [6.45, 7) is 2.16. The molecule has 0 saturated carbocycles. The van der Waals surface area contributed by atoms with E-state index in [0.29, 0.717) is 0 Å². The number of aryl methyl sites for hydroxylation is 1. The fourth-order valence-corrected chi connectivity index (χ4v) is 7.86. The van der Waals surface area contributed by atoms with Crippen molar-refractivity contribution in [3.8, 4) is 22.5 Å². The van der Waals surface area contributed by atoms with Gasteiger partial charge in [0.05, 0.1) is 22.1 Å². The van der Waals surface area contributed by atoms with Crippen molar-refractivity contribution >= 4 is 76.6 Å². The van der Waals surface area contributed by atoms with Crippen LogP contribution in [0.1, 0.15) is 5.56 Å². The Labute approximate surface area is 279 Å². The molecule has 4 heterocycles. The molecule has 0 aliphatic heterocycles. The number of hydrogen-bond acceptors (Lipinski definition) is 3. The molecule has 0 aliphatic rings. The van der Waals surface area contributed by atoms with E-state index >= 15 is 0 Å². The van der Waals surface area contributed by atoms with Crippen molar-refractivity contribution in [2.75, 3.05) is 0 Å². The van der Waals surface area contributed by atoms with Crippen LogP contribution < -0.4 is 0 Å². The van der Waals surface area contributed by atoms with Crippen LogP contribution in [0.15, 0.2) is 155 Å². The first-order valence-electron chi connectivity index (χ1n) is 16.5. The Morgan fingerprint density at radius 1 is 0.449 bits per heavy atom. The molecule has 0 fully saturated rings. The topological polar surface area (TPSA) is 49.0 Å². The first kappa shape index (κ1) is 26.5. The van der Waals surface area contributed by atoms with E-state index in [2.05, 4.69) is 155 Å². The predicted molar refractivity (Wildman–Crippen MR) is 200 cm³/mol. The maximum absolute atomic E-state index is 6.42. The maximum Gasteiger partial charge on any atom is 0.181 e. The molecule has 0 saturated heterocycles. The molecule has 0 bridgehead atoms. The Morgan fingerprint density at radius 2 is 1.00 bits per heavy atom. The van der Waals surface area contributed by atoms with E-state index in [0.717, 1.165) is 61.1 Å². The van der Waals surface area contributed by atoms with Gasteiger partial charge in [-0.15, -0.1) is 0 Å². The molecular formula is C44H27N3O2. The van der Waals surface area contributed by atoms with Gasteiger partial charge in [0, 0.05) is 43.7 Å². The van der Waals surface area contributed by atoms with Crippen molar-refractivity contribution in [1.29, 1.82) is 0 Å². The third kappa shape index (κ3) is 3.78. The molecule has 0 spiro atoms. The lowest BCUT2D eigenvalue weighted by atomic mass is 10.0. The van der Waals surface area contributed by atoms with Crippen molar-refractivity contribution in [2.45, 2.75) is 6.92 Å². The SMILES string of the molecule is Cc1ccc2c(c1)c1cc(-c3ccc4ocnc4c3)ccc1n2-c1ccc2oc3ccc(-n4c5ccccc5c5ccccc54)cc3c2c1. The van der Waals surface area contributed by atoms with E-state index in [-0.39, 0.29) is 0 Å². The number of nitrogens with zero attached hydrogens (tertiary/aromatic N) is 3. The summed E-state index contributed by atoms with van der Waals surface area (Å²) in [7, 11) is 0. The molecular weight excluding hydrogens is 603 g/mol. The van der Waals surface area contributed by atoms with E-state index in [4.69, 9.17) is 8.83 Å². The minimum atomic E-state index is 0.793. The summed E-state index contributed by atoms with van der Waals surface area (Å²) in [5, 5.41) is 7.13. The molecule has 0 amide bonds. The van der Waals surface area contributed by atoms with Crippen LogP contribution in [-0.2, 0) is 0 Å². The molecule has 5 nitrogen and oxygen atoms in total. The lowest BCUT2D eigenvalue weighted by molar-refractivity contribution is 0.602. The predicted octanol–water partition coefficient (Wildman–Crippen LogP) is 11.9. The lowest BCUT2D eigenvalue weighted by Crippen LogP contribution is -1.94. The zero-order chi connectivity index (χ0) is 32.2. The maximum atomic E-state index is 6.42. The van der Waals surface area contributed by atoms with E-state index in [1.165, 1.54) is 50.1 Å². The summed E-state index contributed by atoms with van der Waals surface area (Å²) in [4.78, 5) is 4.38. The Kier molecular flexibility index (Phi) is 5.25. The fourth-order valence-electron chi connectivity index (χ4n) is 7.86. The minimum Gasteiger partial charge on any atom is -0.456 e. The highest BCUT2D eigenvalue weighted by Crippen LogP contribution is 2.39. The molecule has 0 atom stereocenters. The molecule has 0 unspecified atom stereocenters. The van der Waals surface area contributed by atoms with Crippen LogP contribution in [0, 0.1) is 6.92 Å². The first-order valence-corrected chi connectivity index (χ1v) is 16.5. The second-order valence-corrected chi connectivity index (χ2v) is 13.0. The number of rotatable bonds is 3. The molecule has 11 rings (SSSR count). The Morgan fingerprint density at radius 3 is 1.69 bits per heavy atom. The van der Waals surface area contributed by atoms with Gasteiger partial charge in [-0.05, 0) is 103 Å². The van der Waals surface area contributed by atoms with Crippen molar-refractivity contribution in [3.63, 3.8) is 0 Å². The van der Waals surface area contributed by atoms with Gasteiger partial charge in [0.15, 0.2) is 12.0 Å². The van der Waals surface area contributed by atoms with Crippen LogP contribution in [0.5, 0.6) is 0 Å². The average molecular weight is 630 g/mol. The largest absolute Gasteiger partial charge is 0.456 e. The van der Waals surface area contributed by atoms with Crippen LogP contribution >= 0.6 is 0 Å². The summed E-state index contributed by atoms with van der Waals surface area (Å²) in [6.07, 6.45) is 1.50. The zero-order valence-corrected chi connectivity index (χ0v) is 26.5. The average Bonchev–Trinajstić information content (AvgIpc) is 3.91. The number of benzene rings is 7. The van der Waals surface area contributed by atoms with Gasteiger partial charge in [-0.25, -0.2) is 4.98 Å². The van der Waals surface area contributed by atoms with Gasteiger partial charge in [0.25, 0.3) is 0 Å². The molecule has 230 valence electrons. The van der Waals surface area contributed by atoms with Gasteiger partial charge in [-0.3, -0.25) is 0 Å². The van der Waals surface area contributed by atoms with Crippen molar-refractivity contribution < 1.29 is 8.83 Å². The zero-order valence-electron chi connectivity index (χ0n) is 26.5. The summed E-state index contributed by atoms with van der Waals surface area (Å²) in [5.74, 6) is 0. The molecule has 0 radical (unpaired) electrons. The van der Waals surface area contributed by atoms with Crippen LogP contribution in [0.2, 0.25) is 0 Å². The minimum absolute atomic E-state index is 0.793. The number of hydrogen-bond donors (Lipinski definition) is 0. The molecule has 5 heteroatoms. The normalized spacial score (nSPS) is 12.2. The number of fused-ring (bicyclic) bond motifs is 10. The van der Waals surface area contributed by atoms with Gasteiger partial charge in [-0.1, -0.05) is 60.2 Å². The Bertz CT molecular complexity index is 3080. The lowest BCUT2D eigenvalue weighted by Gasteiger charge is -2.09. The summed E-state index contributed by atoms with van der Waals surface area (Å²) < 4.78 is 16.7. The van der Waals surface area contributed by atoms with Crippen LogP contribution in [0.25, 0.3) is 99.2 Å². The summed E-state index contributed by atoms with van der Waals surface area (Å²) in [6, 6.07) is 50.0. The highest BCUT2D eigenvalue weighted by molar-refractivity contribution is 6.13. The monoisotopic (exact) mass is 629 g/mol. The third-order valence-corrected chi connectivity index (χ3v) is 10.1. The van der Waals surface area contributed by atoms with Gasteiger partial charge in [0.2, 0.25) is 0 Å². The number of furan rings is 1. The van der Waals surface area contributed by atoms with Crippen molar-refractivity contribution in [2.24, 2.45) is 0 Å². The standard InChI is InChI=1S/C44H27N3O2/c1-26-10-15-40-33(20-26)34-21-27(28-12-17-44-37(22-28)45-25-48-44)11-16-41(34)47(40)30-14-19-43-36(24-30)35-23-29(13-18-42(35)49-43)46-38-8-4-2-6-31(38)32-7-3-5-9-39(32)46/h2-25H,1H3. The number of oxazole rings is 1. The Balaban J connectivity index is 1.12. The molecule has 49 heavy (non-hydrogen) atoms. The molecule has 7 aromatic carbocycles. The van der Waals surface area contributed by atoms with E-state index in [1.54, 1.807) is 0 Å². The Hall–Kier alpha value is -6.59. The highest BCUT2D eigenvalue weighted by atomic mass is 16.3. The van der Waals surface area contributed by atoms with Gasteiger partial charge in [-0.2, -0.15) is 0 Å². The highest BCUT2D eigenvalue weighted by Gasteiger charge is 2.18. The molecule has 0 aliphatic carbocycles. The van der Waals surface area contributed by atoms with E-state index in [1.807, 2.05) is 6.07 Å². The fraction of sp³-hybridized carbons (Fsp3) is 0.0227. The quantitative estimate of drug-likeness (QED) is 0.195.